The molecule has 0 aliphatic heterocycles. The Bertz CT molecular complexity index is 1430. The molecule has 0 bridgehead atoms. The average molecular weight is 477 g/mol. The molecule has 0 atom stereocenters. The van der Waals surface area contributed by atoms with E-state index in [1.54, 1.807) is 24.3 Å². The molecule has 0 aliphatic carbocycles. The smallest absolute Gasteiger partial charge is 0.123 e. The standard InChI is InChI=1S/C29H34F2N4/c1-19-28-24(22-16-20(30)8-10-26(22)34(28)14-6-12-32(2)3)18-25-23-17-21(31)9-11-27(23)35(29(19)25)15-7-13-33(4)5/h8-11,16-18H,6-7,12-15H2,1-5H3. The molecular formula is C29H34F2N4. The maximum atomic E-state index is 14.4. The molecule has 0 spiro atoms. The molecule has 0 N–H and O–H groups in total. The molecule has 2 aromatic heterocycles. The minimum atomic E-state index is -0.236. The Morgan fingerprint density at radius 1 is 0.629 bits per heavy atom. The van der Waals surface area contributed by atoms with E-state index < -0.39 is 0 Å². The van der Waals surface area contributed by atoms with Crippen molar-refractivity contribution in [2.75, 3.05) is 41.3 Å². The number of benzene rings is 3. The van der Waals surface area contributed by atoms with Crippen molar-refractivity contribution in [1.82, 2.24) is 18.9 Å². The van der Waals surface area contributed by atoms with E-state index in [0.29, 0.717) is 0 Å². The number of hydrogen-bond acceptors (Lipinski definition) is 2. The van der Waals surface area contributed by atoms with Crippen molar-refractivity contribution in [3.63, 3.8) is 0 Å². The largest absolute Gasteiger partial charge is 0.340 e. The molecule has 35 heavy (non-hydrogen) atoms. The molecule has 0 radical (unpaired) electrons. The van der Waals surface area contributed by atoms with Gasteiger partial charge in [0.15, 0.2) is 0 Å². The first-order valence-corrected chi connectivity index (χ1v) is 12.4. The van der Waals surface area contributed by atoms with E-state index in [0.717, 1.165) is 82.6 Å². The highest BCUT2D eigenvalue weighted by Crippen LogP contribution is 2.40. The van der Waals surface area contributed by atoms with Crippen LogP contribution in [0.15, 0.2) is 42.5 Å². The van der Waals surface area contributed by atoms with Gasteiger partial charge in [-0.1, -0.05) is 0 Å². The molecular weight excluding hydrogens is 442 g/mol. The zero-order valence-electron chi connectivity index (χ0n) is 21.3. The van der Waals surface area contributed by atoms with E-state index in [-0.39, 0.29) is 11.6 Å². The fraction of sp³-hybridized carbons (Fsp3) is 0.379. The molecule has 184 valence electrons. The highest BCUT2D eigenvalue weighted by Gasteiger charge is 2.20. The third-order valence-corrected chi connectivity index (χ3v) is 7.10. The normalized spacial score (nSPS) is 12.5. The summed E-state index contributed by atoms with van der Waals surface area (Å²) in [6.45, 7) is 5.83. The van der Waals surface area contributed by atoms with Gasteiger partial charge >= 0.3 is 0 Å². The van der Waals surface area contributed by atoms with Crippen LogP contribution in [0.25, 0.3) is 43.6 Å². The Kier molecular flexibility index (Phi) is 6.28. The number of aromatic nitrogens is 2. The monoisotopic (exact) mass is 476 g/mol. The van der Waals surface area contributed by atoms with E-state index in [1.165, 1.54) is 5.56 Å². The van der Waals surface area contributed by atoms with Crippen molar-refractivity contribution in [2.24, 2.45) is 0 Å². The van der Waals surface area contributed by atoms with Gasteiger partial charge in [0, 0.05) is 45.7 Å². The summed E-state index contributed by atoms with van der Waals surface area (Å²) in [5, 5.41) is 3.90. The van der Waals surface area contributed by atoms with Crippen molar-refractivity contribution >= 4 is 43.6 Å². The van der Waals surface area contributed by atoms with Crippen LogP contribution in [-0.2, 0) is 13.1 Å². The van der Waals surface area contributed by atoms with E-state index in [4.69, 9.17) is 0 Å². The molecule has 0 saturated heterocycles. The number of rotatable bonds is 8. The number of fused-ring (bicyclic) bond motifs is 6. The molecule has 0 fully saturated rings. The Labute approximate surface area is 205 Å². The van der Waals surface area contributed by atoms with E-state index in [1.807, 2.05) is 12.1 Å². The van der Waals surface area contributed by atoms with Gasteiger partial charge in [-0.25, -0.2) is 8.78 Å². The minimum Gasteiger partial charge on any atom is -0.340 e. The Morgan fingerprint density at radius 3 is 1.46 bits per heavy atom. The van der Waals surface area contributed by atoms with E-state index in [9.17, 15) is 8.78 Å². The summed E-state index contributed by atoms with van der Waals surface area (Å²) in [6.07, 6.45) is 2.00. The lowest BCUT2D eigenvalue weighted by atomic mass is 10.0. The predicted molar refractivity (Wildman–Crippen MR) is 143 cm³/mol. The van der Waals surface area contributed by atoms with Crippen molar-refractivity contribution < 1.29 is 8.78 Å². The Morgan fingerprint density at radius 2 is 1.06 bits per heavy atom. The van der Waals surface area contributed by atoms with Crippen LogP contribution in [0.1, 0.15) is 18.4 Å². The number of aryl methyl sites for hydroxylation is 3. The Hall–Kier alpha value is -2.96. The van der Waals surface area contributed by atoms with Gasteiger partial charge in [0.1, 0.15) is 11.6 Å². The lowest BCUT2D eigenvalue weighted by Crippen LogP contribution is -2.15. The summed E-state index contributed by atoms with van der Waals surface area (Å²) in [6, 6.07) is 12.3. The maximum Gasteiger partial charge on any atom is 0.123 e. The third-order valence-electron chi connectivity index (χ3n) is 7.10. The van der Waals surface area contributed by atoms with Gasteiger partial charge in [-0.15, -0.1) is 0 Å². The summed E-state index contributed by atoms with van der Waals surface area (Å²) in [5.41, 5.74) is 5.56. The van der Waals surface area contributed by atoms with Gasteiger partial charge in [-0.2, -0.15) is 0 Å². The van der Waals surface area contributed by atoms with Gasteiger partial charge in [0.2, 0.25) is 0 Å². The highest BCUT2D eigenvalue weighted by molar-refractivity contribution is 6.19. The van der Waals surface area contributed by atoms with Crippen LogP contribution in [0.3, 0.4) is 0 Å². The maximum absolute atomic E-state index is 14.4. The van der Waals surface area contributed by atoms with Crippen molar-refractivity contribution in [3.8, 4) is 0 Å². The third kappa shape index (κ3) is 4.19. The molecule has 2 heterocycles. The van der Waals surface area contributed by atoms with Gasteiger partial charge < -0.3 is 18.9 Å². The van der Waals surface area contributed by atoms with Crippen LogP contribution in [0.2, 0.25) is 0 Å². The SMILES string of the molecule is Cc1c2c(cc3c4cc(F)ccc4n(CCCN(C)C)c13)c1cc(F)ccc1n2CCCN(C)C. The summed E-state index contributed by atoms with van der Waals surface area (Å²) >= 11 is 0. The minimum absolute atomic E-state index is 0.236. The van der Waals surface area contributed by atoms with Crippen LogP contribution < -0.4 is 0 Å². The lowest BCUT2D eigenvalue weighted by Gasteiger charge is -2.15. The molecule has 5 aromatic rings. The van der Waals surface area contributed by atoms with Crippen LogP contribution >= 0.6 is 0 Å². The molecule has 6 heteroatoms. The topological polar surface area (TPSA) is 16.3 Å². The zero-order chi connectivity index (χ0) is 24.9. The predicted octanol–water partition coefficient (Wildman–Crippen LogP) is 6.39. The second kappa shape index (κ2) is 9.25. The Balaban J connectivity index is 1.83. The second-order valence-corrected chi connectivity index (χ2v) is 10.2. The van der Waals surface area contributed by atoms with Crippen LogP contribution in [0.5, 0.6) is 0 Å². The highest BCUT2D eigenvalue weighted by atomic mass is 19.1. The lowest BCUT2D eigenvalue weighted by molar-refractivity contribution is 0.389. The molecule has 5 rings (SSSR count). The van der Waals surface area contributed by atoms with Crippen LogP contribution in [0.4, 0.5) is 8.78 Å². The first-order valence-electron chi connectivity index (χ1n) is 12.4. The van der Waals surface area contributed by atoms with Crippen molar-refractivity contribution in [3.05, 3.63) is 59.7 Å². The first-order chi connectivity index (χ1) is 16.8. The van der Waals surface area contributed by atoms with E-state index >= 15 is 0 Å². The van der Waals surface area contributed by atoms with Crippen molar-refractivity contribution in [1.29, 1.82) is 0 Å². The number of hydrogen-bond donors (Lipinski definition) is 0. The van der Waals surface area contributed by atoms with E-state index in [2.05, 4.69) is 60.1 Å². The molecule has 4 nitrogen and oxygen atoms in total. The molecule has 0 saturated carbocycles. The average Bonchev–Trinajstić information content (AvgIpc) is 3.26. The summed E-state index contributed by atoms with van der Waals surface area (Å²) in [7, 11) is 8.34. The quantitative estimate of drug-likeness (QED) is 0.258. The molecule has 0 amide bonds. The molecule has 0 aliphatic rings. The zero-order valence-corrected chi connectivity index (χ0v) is 21.3. The van der Waals surface area contributed by atoms with Crippen molar-refractivity contribution in [2.45, 2.75) is 32.9 Å². The molecule has 3 aromatic carbocycles. The van der Waals surface area contributed by atoms with Gasteiger partial charge in [0.25, 0.3) is 0 Å². The van der Waals surface area contributed by atoms with Gasteiger partial charge in [0.05, 0.1) is 11.0 Å². The summed E-state index contributed by atoms with van der Waals surface area (Å²) < 4.78 is 33.5. The fourth-order valence-electron chi connectivity index (χ4n) is 5.62. The fourth-order valence-corrected chi connectivity index (χ4v) is 5.62. The molecule has 0 unspecified atom stereocenters. The summed E-state index contributed by atoms with van der Waals surface area (Å²) in [5.74, 6) is -0.473. The summed E-state index contributed by atoms with van der Waals surface area (Å²) in [4.78, 5) is 4.38. The van der Waals surface area contributed by atoms with Gasteiger partial charge in [-0.05, 0) is 109 Å². The van der Waals surface area contributed by atoms with Gasteiger partial charge in [-0.3, -0.25) is 0 Å². The second-order valence-electron chi connectivity index (χ2n) is 10.2. The number of nitrogens with zero attached hydrogens (tertiary/aromatic N) is 4. The first kappa shape index (κ1) is 23.8. The number of halogens is 2. The van der Waals surface area contributed by atoms with Crippen LogP contribution in [0, 0.1) is 18.6 Å². The van der Waals surface area contributed by atoms with Crippen LogP contribution in [-0.4, -0.2) is 60.2 Å².